The van der Waals surface area contributed by atoms with Gasteiger partial charge in [0.25, 0.3) is 11.8 Å². The molecule has 0 spiro atoms. The lowest BCUT2D eigenvalue weighted by Gasteiger charge is -2.41. The number of ketones is 3. The maximum Gasteiger partial charge on any atom is 0.410 e. The molecule has 12 atom stereocenters. The van der Waals surface area contributed by atoms with Crippen LogP contribution in [0.15, 0.2) is 63.6 Å². The fourth-order valence-electron chi connectivity index (χ4n) is 13.0. The summed E-state index contributed by atoms with van der Waals surface area (Å²) in [6.45, 7) is 19.2. The third-order valence-electron chi connectivity index (χ3n) is 18.9. The second-order valence-corrected chi connectivity index (χ2v) is 28.5. The highest BCUT2D eigenvalue weighted by molar-refractivity contribution is 9.14. The number of aliphatic hydroxyl groups is 1. The summed E-state index contributed by atoms with van der Waals surface area (Å²) in [4.78, 5) is 154. The smallest absolute Gasteiger partial charge is 0.410 e. The van der Waals surface area contributed by atoms with Crippen molar-refractivity contribution < 1.29 is 72.1 Å². The van der Waals surface area contributed by atoms with E-state index in [-0.39, 0.29) is 138 Å². The zero-order valence-corrected chi connectivity index (χ0v) is 61.8. The number of halogens is 2. The number of likely N-dealkylation sites (tertiary alicyclic amines) is 1. The Morgan fingerprint density at radius 1 is 0.729 bits per heavy atom. The first kappa shape index (κ1) is 82.0. The Balaban J connectivity index is 1.37. The van der Waals surface area contributed by atoms with Gasteiger partial charge in [0.1, 0.15) is 21.4 Å². The Morgan fingerprint density at radius 3 is 1.93 bits per heavy atom. The van der Waals surface area contributed by atoms with Gasteiger partial charge < -0.3 is 55.7 Å². The lowest BCUT2D eigenvalue weighted by molar-refractivity contribution is -0.149. The highest BCUT2D eigenvalue weighted by Gasteiger charge is 2.44. The van der Waals surface area contributed by atoms with Gasteiger partial charge in [0, 0.05) is 97.1 Å². The predicted molar refractivity (Wildman–Crippen MR) is 373 cm³/mol. The van der Waals surface area contributed by atoms with Crippen molar-refractivity contribution in [3.8, 4) is 0 Å². The van der Waals surface area contributed by atoms with E-state index in [2.05, 4.69) is 47.8 Å². The summed E-state index contributed by atoms with van der Waals surface area (Å²) >= 11 is 6.23. The molecule has 0 aromatic heterocycles. The second kappa shape index (κ2) is 39.9. The van der Waals surface area contributed by atoms with E-state index in [0.717, 1.165) is 10.5 Å². The molecule has 2 heterocycles. The molecule has 0 aliphatic carbocycles. The summed E-state index contributed by atoms with van der Waals surface area (Å²) in [6.07, 6.45) is 0.777. The fraction of sp³-hybridized carbons (Fsp3) is 0.648. The van der Waals surface area contributed by atoms with Crippen LogP contribution in [0.5, 0.6) is 0 Å². The van der Waals surface area contributed by atoms with Crippen molar-refractivity contribution in [2.75, 3.05) is 53.3 Å². The minimum Gasteiger partial charge on any atom is -0.445 e. The normalized spacial score (nSPS) is 17.6. The Morgan fingerprint density at radius 2 is 1.36 bits per heavy atom. The van der Waals surface area contributed by atoms with Crippen LogP contribution in [0.3, 0.4) is 0 Å². The van der Waals surface area contributed by atoms with Crippen molar-refractivity contribution in [1.82, 2.24) is 30.2 Å². The van der Waals surface area contributed by atoms with Gasteiger partial charge in [-0.2, -0.15) is 0 Å². The van der Waals surface area contributed by atoms with Crippen LogP contribution in [0.25, 0.3) is 0 Å². The SMILES string of the molecule is CC[C@H](C)C([C@@H](CC(=O)N1CCC[C@H]1[C@H](OC)[C@@H](C)C(=O)C[C@H](C)[C@@H](O)c1ccccc1)OC)N(C)C(=O)C(CC(=O)[C@H](C(C)C)N(C)C(=O)OCc1ccc(NC(=O)[C@H](CCCNC(N)=O)CC(=O)[C@@H](NC(=O)CCCCCN2C(=O)C(Br)=C(Br)C2=O)C(C)C)cc1)C(C)C. The molecular formula is C71H106Br2N8O15. The molecule has 25 heteroatoms. The largest absolute Gasteiger partial charge is 0.445 e. The van der Waals surface area contributed by atoms with Crippen molar-refractivity contribution in [2.24, 2.45) is 53.1 Å². The van der Waals surface area contributed by atoms with Crippen LogP contribution >= 0.6 is 31.9 Å². The third-order valence-corrected chi connectivity index (χ3v) is 20.9. The molecule has 534 valence electrons. The molecular weight excluding hydrogens is 1360 g/mol. The van der Waals surface area contributed by atoms with Gasteiger partial charge in [0.2, 0.25) is 23.6 Å². The number of hydrogen-bond donors (Lipinski definition) is 5. The monoisotopic (exact) mass is 1470 g/mol. The summed E-state index contributed by atoms with van der Waals surface area (Å²) in [6, 6.07) is 12.2. The average molecular weight is 1470 g/mol. The molecule has 23 nitrogen and oxygen atoms in total. The average Bonchev–Trinajstić information content (AvgIpc) is 1.47. The number of rotatable bonds is 41. The van der Waals surface area contributed by atoms with E-state index in [4.69, 9.17) is 19.9 Å². The molecule has 2 unspecified atom stereocenters. The minimum atomic E-state index is -0.969. The molecule has 6 N–H and O–H groups in total. The number of hydrogen-bond acceptors (Lipinski definition) is 15. The van der Waals surface area contributed by atoms with Crippen LogP contribution in [0.4, 0.5) is 15.3 Å². The minimum absolute atomic E-state index is 0.0557. The van der Waals surface area contributed by atoms with E-state index in [1.54, 1.807) is 62.1 Å². The van der Waals surface area contributed by atoms with Crippen molar-refractivity contribution in [1.29, 1.82) is 0 Å². The van der Waals surface area contributed by atoms with Crippen LogP contribution in [0.1, 0.15) is 170 Å². The van der Waals surface area contributed by atoms with E-state index >= 15 is 0 Å². The molecule has 96 heavy (non-hydrogen) atoms. The van der Waals surface area contributed by atoms with Crippen LogP contribution in [-0.2, 0) is 64.0 Å². The number of amides is 9. The summed E-state index contributed by atoms with van der Waals surface area (Å²) in [5.74, 6) is -6.70. The Hall–Kier alpha value is -6.41. The highest BCUT2D eigenvalue weighted by atomic mass is 79.9. The Labute approximate surface area is 584 Å². The number of ether oxygens (including phenoxy) is 3. The fourth-order valence-corrected chi connectivity index (χ4v) is 13.8. The van der Waals surface area contributed by atoms with Crippen molar-refractivity contribution in [2.45, 2.75) is 202 Å². The van der Waals surface area contributed by atoms with Gasteiger partial charge in [-0.3, -0.25) is 48.1 Å². The lowest BCUT2D eigenvalue weighted by atomic mass is 9.83. The van der Waals surface area contributed by atoms with Gasteiger partial charge in [-0.05, 0) is 123 Å². The number of primary amides is 1. The zero-order chi connectivity index (χ0) is 71.8. The van der Waals surface area contributed by atoms with Crippen LogP contribution in [0, 0.1) is 47.3 Å². The molecule has 1 saturated heterocycles. The number of nitrogens with one attached hydrogen (secondary N) is 3. The van der Waals surface area contributed by atoms with Gasteiger partial charge in [-0.25, -0.2) is 9.59 Å². The molecule has 2 aromatic rings. The maximum atomic E-state index is 14.9. The lowest BCUT2D eigenvalue weighted by Crippen LogP contribution is -2.54. The number of urea groups is 1. The number of imide groups is 1. The molecule has 0 saturated carbocycles. The Bertz CT molecular complexity index is 2980. The first-order valence-electron chi connectivity index (χ1n) is 33.8. The molecule has 4 rings (SSSR count). The highest BCUT2D eigenvalue weighted by Crippen LogP contribution is 2.34. The maximum absolute atomic E-state index is 14.9. The number of aliphatic hydroxyl groups excluding tert-OH is 1. The Kier molecular flexibility index (Phi) is 34.0. The summed E-state index contributed by atoms with van der Waals surface area (Å²) < 4.78 is 18.2. The number of nitrogens with two attached hydrogens (primary N) is 1. The molecule has 2 aromatic carbocycles. The van der Waals surface area contributed by atoms with Gasteiger partial charge >= 0.3 is 12.1 Å². The second-order valence-electron chi connectivity index (χ2n) is 26.9. The molecule has 2 aliphatic rings. The standard InChI is InChI=1S/C71H106Br2N8O15/c1-15-44(8)63(56(94-13)39-58(86)80-35-23-27-52(80)65(95-14)46(10)53(82)36-45(9)64(87)48-24-18-16-19-25-48)78(11)67(89)51(41(2)3)38-55(84)62(43(6)7)79(12)71(93)96-40-47-29-31-50(32-30-47)76-66(88)49(26-22-33-75-70(74)92)37-54(83)61(42(4)5)77-57(85)28-20-17-21-34-81-68(90)59(72)60(73)69(81)91/h16,18-19,24-25,29-32,41-46,49,51-52,56,61-65,87H,15,17,20-23,26-28,33-40H2,1-14H3,(H,76,88)(H,77,85)(H3,74,75,92)/t44-,45-,46-,49+,51?,52-,56+,61-,62-,63?,64+,65+/m0/s1. The summed E-state index contributed by atoms with van der Waals surface area (Å²) in [5.41, 5.74) is 6.94. The van der Waals surface area contributed by atoms with Gasteiger partial charge in [0.05, 0.1) is 48.9 Å². The number of benzene rings is 2. The predicted octanol–water partition coefficient (Wildman–Crippen LogP) is 9.79. The first-order valence-corrected chi connectivity index (χ1v) is 35.4. The van der Waals surface area contributed by atoms with E-state index in [1.807, 2.05) is 85.7 Å². The number of unbranched alkanes of at least 4 members (excludes halogenated alkanes) is 2. The van der Waals surface area contributed by atoms with E-state index < -0.39 is 84.0 Å². The first-order chi connectivity index (χ1) is 45.3. The molecule has 0 radical (unpaired) electrons. The number of likely N-dealkylation sites (N-methyl/N-ethyl adjacent to an activating group) is 2. The van der Waals surface area contributed by atoms with E-state index in [9.17, 15) is 57.8 Å². The van der Waals surface area contributed by atoms with Crippen molar-refractivity contribution in [3.05, 3.63) is 74.7 Å². The van der Waals surface area contributed by atoms with Gasteiger partial charge in [0.15, 0.2) is 11.6 Å². The number of anilines is 1. The molecule has 9 amide bonds. The molecule has 1 fully saturated rings. The number of nitrogens with zero attached hydrogens (tertiary/aromatic N) is 4. The molecule has 0 bridgehead atoms. The number of carbonyl (C=O) groups excluding carboxylic acids is 11. The van der Waals surface area contributed by atoms with E-state index in [0.29, 0.717) is 62.7 Å². The quantitative estimate of drug-likeness (QED) is 0.0305. The van der Waals surface area contributed by atoms with Crippen molar-refractivity contribution >= 4 is 102 Å². The van der Waals surface area contributed by atoms with Crippen molar-refractivity contribution in [3.63, 3.8) is 0 Å². The number of Topliss-reactive ketones (excluding diaryl/α,β-unsaturated/α-hetero) is 3. The van der Waals surface area contributed by atoms with E-state index in [1.165, 1.54) is 19.1 Å². The van der Waals surface area contributed by atoms with Gasteiger partial charge in [-0.1, -0.05) is 125 Å². The zero-order valence-electron chi connectivity index (χ0n) is 58.7. The summed E-state index contributed by atoms with van der Waals surface area (Å²) in [7, 11) is 6.23. The topological polar surface area (TPSA) is 311 Å². The third kappa shape index (κ3) is 23.4. The summed E-state index contributed by atoms with van der Waals surface area (Å²) in [5, 5.41) is 19.2. The number of methoxy groups -OCH3 is 2. The van der Waals surface area contributed by atoms with Crippen LogP contribution in [-0.4, -0.2) is 174 Å². The van der Waals surface area contributed by atoms with Gasteiger partial charge in [-0.15, -0.1) is 0 Å². The van der Waals surface area contributed by atoms with Crippen LogP contribution in [0.2, 0.25) is 0 Å². The molecule has 2 aliphatic heterocycles. The van der Waals surface area contributed by atoms with Crippen LogP contribution < -0.4 is 21.7 Å². The number of carbonyl (C=O) groups is 11.